The zero-order chi connectivity index (χ0) is 19.7. The van der Waals surface area contributed by atoms with Crippen LogP contribution in [0.4, 0.5) is 17.1 Å². The molecular formula is C23H19N3O2. The minimum Gasteiger partial charge on any atom is -0.322 e. The van der Waals surface area contributed by atoms with Crippen LogP contribution < -0.4 is 10.6 Å². The molecule has 0 fully saturated rings. The minimum absolute atomic E-state index is 0.192. The smallest absolute Gasteiger partial charge is 0.275 e. The van der Waals surface area contributed by atoms with E-state index in [1.54, 1.807) is 24.3 Å². The molecule has 0 atom stereocenters. The molecule has 0 radical (unpaired) electrons. The van der Waals surface area contributed by atoms with Gasteiger partial charge < -0.3 is 10.6 Å². The van der Waals surface area contributed by atoms with Crippen LogP contribution in [0.2, 0.25) is 0 Å². The van der Waals surface area contributed by atoms with Crippen molar-refractivity contribution in [3.63, 3.8) is 0 Å². The molecule has 2 amide bonds. The van der Waals surface area contributed by atoms with Gasteiger partial charge in [0.25, 0.3) is 11.8 Å². The minimum atomic E-state index is -0.221. The molecule has 0 bridgehead atoms. The van der Waals surface area contributed by atoms with Crippen LogP contribution in [-0.2, 0) is 4.79 Å². The highest BCUT2D eigenvalue weighted by Gasteiger charge is 2.25. The third-order valence-electron chi connectivity index (χ3n) is 4.57. The van der Waals surface area contributed by atoms with E-state index in [1.807, 2.05) is 56.3 Å². The van der Waals surface area contributed by atoms with E-state index in [0.717, 1.165) is 28.1 Å². The molecule has 4 rings (SSSR count). The normalized spacial score (nSPS) is 13.9. The van der Waals surface area contributed by atoms with Gasteiger partial charge in [-0.25, -0.2) is 4.99 Å². The van der Waals surface area contributed by atoms with Crippen molar-refractivity contribution in [2.24, 2.45) is 4.99 Å². The van der Waals surface area contributed by atoms with Gasteiger partial charge in [-0.3, -0.25) is 9.59 Å². The first-order valence-electron chi connectivity index (χ1n) is 8.99. The number of aryl methyl sites for hydroxylation is 2. The van der Waals surface area contributed by atoms with E-state index in [2.05, 4.69) is 15.6 Å². The molecule has 28 heavy (non-hydrogen) atoms. The number of anilines is 2. The summed E-state index contributed by atoms with van der Waals surface area (Å²) in [4.78, 5) is 29.1. The Hall–Kier alpha value is -3.73. The van der Waals surface area contributed by atoms with Crippen molar-refractivity contribution in [3.8, 4) is 0 Å². The number of amides is 2. The molecule has 0 aromatic heterocycles. The number of nitrogens with zero attached hydrogens (tertiary/aromatic N) is 1. The van der Waals surface area contributed by atoms with Gasteiger partial charge in [0.15, 0.2) is 0 Å². The Balaban J connectivity index is 1.55. The van der Waals surface area contributed by atoms with Crippen LogP contribution in [0.3, 0.4) is 0 Å². The van der Waals surface area contributed by atoms with Crippen LogP contribution in [-0.4, -0.2) is 17.5 Å². The second-order valence-electron chi connectivity index (χ2n) is 6.83. The van der Waals surface area contributed by atoms with Crippen LogP contribution in [0.25, 0.3) is 0 Å². The highest BCUT2D eigenvalue weighted by molar-refractivity contribution is 6.54. The molecule has 1 aliphatic rings. The summed E-state index contributed by atoms with van der Waals surface area (Å²) in [7, 11) is 0. The molecule has 0 spiro atoms. The average Bonchev–Trinajstić information content (AvgIpc) is 2.99. The first kappa shape index (κ1) is 17.7. The maximum absolute atomic E-state index is 12.4. The molecule has 138 valence electrons. The van der Waals surface area contributed by atoms with Crippen LogP contribution in [0, 0.1) is 13.8 Å². The molecule has 0 saturated heterocycles. The molecule has 0 unspecified atom stereocenters. The molecule has 0 aliphatic carbocycles. The largest absolute Gasteiger partial charge is 0.322 e. The zero-order valence-electron chi connectivity index (χ0n) is 15.6. The van der Waals surface area contributed by atoms with Gasteiger partial charge >= 0.3 is 0 Å². The lowest BCUT2D eigenvalue weighted by Gasteiger charge is -2.06. The Kier molecular flexibility index (Phi) is 4.49. The van der Waals surface area contributed by atoms with Gasteiger partial charge in [-0.2, -0.15) is 0 Å². The monoisotopic (exact) mass is 369 g/mol. The Morgan fingerprint density at radius 1 is 0.893 bits per heavy atom. The van der Waals surface area contributed by atoms with Crippen LogP contribution in [0.1, 0.15) is 27.0 Å². The molecule has 5 nitrogen and oxygen atoms in total. The summed E-state index contributed by atoms with van der Waals surface area (Å²) in [6.07, 6.45) is 0. The Labute approximate surface area is 163 Å². The standard InChI is InChI=1S/C23H19N3O2/c1-14-3-8-18(9-4-14)25-22(27)16-6-10-17(11-7-16)24-21-19-13-15(2)5-12-20(19)26-23(21)28/h3-13H,1-2H3,(H,25,27)(H,24,26,28). The van der Waals surface area contributed by atoms with Gasteiger partial charge in [-0.05, 0) is 62.4 Å². The van der Waals surface area contributed by atoms with Gasteiger partial charge in [-0.1, -0.05) is 29.3 Å². The van der Waals surface area contributed by atoms with Crippen molar-refractivity contribution in [1.82, 2.24) is 0 Å². The third kappa shape index (κ3) is 3.55. The fraction of sp³-hybridized carbons (Fsp3) is 0.0870. The van der Waals surface area contributed by atoms with Crippen molar-refractivity contribution in [2.75, 3.05) is 10.6 Å². The van der Waals surface area contributed by atoms with E-state index in [1.165, 1.54) is 0 Å². The molecule has 3 aromatic carbocycles. The number of nitrogens with one attached hydrogen (secondary N) is 2. The van der Waals surface area contributed by atoms with E-state index < -0.39 is 0 Å². The number of fused-ring (bicyclic) bond motifs is 1. The Morgan fingerprint density at radius 3 is 2.29 bits per heavy atom. The molecule has 1 heterocycles. The van der Waals surface area contributed by atoms with Gasteiger partial charge in [0.1, 0.15) is 5.71 Å². The summed E-state index contributed by atoms with van der Waals surface area (Å²) in [6, 6.07) is 20.3. The van der Waals surface area contributed by atoms with Gasteiger partial charge in [-0.15, -0.1) is 0 Å². The summed E-state index contributed by atoms with van der Waals surface area (Å²) in [6.45, 7) is 3.97. The molecule has 0 saturated carbocycles. The molecule has 5 heteroatoms. The summed E-state index contributed by atoms with van der Waals surface area (Å²) < 4.78 is 0. The second kappa shape index (κ2) is 7.12. The van der Waals surface area contributed by atoms with Gasteiger partial charge in [0.2, 0.25) is 0 Å². The van der Waals surface area contributed by atoms with Gasteiger partial charge in [0, 0.05) is 16.8 Å². The van der Waals surface area contributed by atoms with Crippen LogP contribution >= 0.6 is 0 Å². The van der Waals surface area contributed by atoms with Crippen molar-refractivity contribution < 1.29 is 9.59 Å². The second-order valence-corrected chi connectivity index (χ2v) is 6.83. The lowest BCUT2D eigenvalue weighted by Crippen LogP contribution is -2.14. The van der Waals surface area contributed by atoms with E-state index >= 15 is 0 Å². The number of hydrogen-bond donors (Lipinski definition) is 2. The topological polar surface area (TPSA) is 70.6 Å². The van der Waals surface area contributed by atoms with Crippen LogP contribution in [0.5, 0.6) is 0 Å². The van der Waals surface area contributed by atoms with Crippen molar-refractivity contribution >= 4 is 34.6 Å². The van der Waals surface area contributed by atoms with Crippen molar-refractivity contribution in [2.45, 2.75) is 13.8 Å². The van der Waals surface area contributed by atoms with E-state index in [-0.39, 0.29) is 11.8 Å². The summed E-state index contributed by atoms with van der Waals surface area (Å²) >= 11 is 0. The van der Waals surface area contributed by atoms with E-state index in [9.17, 15) is 9.59 Å². The van der Waals surface area contributed by atoms with Gasteiger partial charge in [0.05, 0.1) is 11.4 Å². The van der Waals surface area contributed by atoms with Crippen molar-refractivity contribution in [3.05, 3.63) is 89.0 Å². The number of rotatable bonds is 3. The maximum Gasteiger partial charge on any atom is 0.275 e. The SMILES string of the molecule is Cc1ccc(NC(=O)c2ccc(N=C3C(=O)Nc4ccc(C)cc43)cc2)cc1. The highest BCUT2D eigenvalue weighted by atomic mass is 16.2. The number of carbonyl (C=O) groups excluding carboxylic acids is 2. The first-order chi connectivity index (χ1) is 13.5. The number of carbonyl (C=O) groups is 2. The maximum atomic E-state index is 12.4. The highest BCUT2D eigenvalue weighted by Crippen LogP contribution is 2.27. The lowest BCUT2D eigenvalue weighted by molar-refractivity contribution is -0.110. The van der Waals surface area contributed by atoms with E-state index in [4.69, 9.17) is 0 Å². The predicted octanol–water partition coefficient (Wildman–Crippen LogP) is 4.63. The van der Waals surface area contributed by atoms with Crippen molar-refractivity contribution in [1.29, 1.82) is 0 Å². The Morgan fingerprint density at radius 2 is 1.57 bits per heavy atom. The fourth-order valence-corrected chi connectivity index (χ4v) is 3.03. The van der Waals surface area contributed by atoms with Crippen LogP contribution in [0.15, 0.2) is 71.7 Å². The summed E-state index contributed by atoms with van der Waals surface area (Å²) in [5, 5.41) is 5.69. The predicted molar refractivity (Wildman–Crippen MR) is 112 cm³/mol. The summed E-state index contributed by atoms with van der Waals surface area (Å²) in [5.41, 5.74) is 6.03. The number of hydrogen-bond acceptors (Lipinski definition) is 3. The Bertz CT molecular complexity index is 1100. The van der Waals surface area contributed by atoms with E-state index in [0.29, 0.717) is 17.0 Å². The third-order valence-corrected chi connectivity index (χ3v) is 4.57. The average molecular weight is 369 g/mol. The first-order valence-corrected chi connectivity index (χ1v) is 8.99. The molecular weight excluding hydrogens is 350 g/mol. The fourth-order valence-electron chi connectivity index (χ4n) is 3.03. The molecule has 3 aromatic rings. The molecule has 2 N–H and O–H groups in total. The number of benzene rings is 3. The zero-order valence-corrected chi connectivity index (χ0v) is 15.6. The molecule has 1 aliphatic heterocycles. The number of aliphatic imine (C=N–C) groups is 1. The quantitative estimate of drug-likeness (QED) is 0.707. The summed E-state index contributed by atoms with van der Waals surface area (Å²) in [5.74, 6) is -0.413. The lowest BCUT2D eigenvalue weighted by atomic mass is 10.1.